The Morgan fingerprint density at radius 1 is 1.08 bits per heavy atom. The number of carbonyl (C=O) groups is 4. The molecule has 0 fully saturated rings. The second kappa shape index (κ2) is 12.0. The lowest BCUT2D eigenvalue weighted by atomic mass is 10.1. The van der Waals surface area contributed by atoms with Crippen LogP contribution in [0.2, 0.25) is 0 Å². The first-order valence-electron chi connectivity index (χ1n) is 7.13. The molecule has 3 atom stereocenters. The van der Waals surface area contributed by atoms with Crippen molar-refractivity contribution in [2.75, 3.05) is 17.8 Å². The van der Waals surface area contributed by atoms with Gasteiger partial charge in [-0.1, -0.05) is 0 Å². The Bertz CT molecular complexity index is 463. The van der Waals surface area contributed by atoms with Crippen molar-refractivity contribution >= 4 is 48.1 Å². The van der Waals surface area contributed by atoms with E-state index in [-0.39, 0.29) is 18.6 Å². The SMILES string of the molecule is CSCC[C@H](N)C(=O)N[C@@H](CCC(=O)O)C(=O)N[C@@H](CS)C(=O)O. The zero-order valence-electron chi connectivity index (χ0n) is 13.2. The van der Waals surface area contributed by atoms with Crippen molar-refractivity contribution in [3.05, 3.63) is 0 Å². The summed E-state index contributed by atoms with van der Waals surface area (Å²) >= 11 is 5.34. The quantitative estimate of drug-likeness (QED) is 0.233. The fraction of sp³-hybridized carbons (Fsp3) is 0.692. The number of thiol groups is 1. The Morgan fingerprint density at radius 2 is 1.67 bits per heavy atom. The highest BCUT2D eigenvalue weighted by Gasteiger charge is 2.27. The highest BCUT2D eigenvalue weighted by molar-refractivity contribution is 7.98. The molecule has 11 heteroatoms. The number of hydrogen-bond donors (Lipinski definition) is 6. The third kappa shape index (κ3) is 8.99. The second-order valence-corrected chi connectivity index (χ2v) is 6.31. The van der Waals surface area contributed by atoms with Gasteiger partial charge in [0.2, 0.25) is 11.8 Å². The number of amides is 2. The zero-order chi connectivity index (χ0) is 18.7. The van der Waals surface area contributed by atoms with Crippen molar-refractivity contribution in [3.63, 3.8) is 0 Å². The van der Waals surface area contributed by atoms with E-state index < -0.39 is 41.9 Å². The summed E-state index contributed by atoms with van der Waals surface area (Å²) in [5, 5.41) is 22.3. The van der Waals surface area contributed by atoms with Gasteiger partial charge in [-0.25, -0.2) is 4.79 Å². The molecule has 0 radical (unpaired) electrons. The molecule has 0 aliphatic rings. The number of nitrogens with two attached hydrogens (primary N) is 1. The van der Waals surface area contributed by atoms with Crippen LogP contribution in [0.5, 0.6) is 0 Å². The molecule has 0 rings (SSSR count). The van der Waals surface area contributed by atoms with Gasteiger partial charge in [0.15, 0.2) is 0 Å². The van der Waals surface area contributed by atoms with Gasteiger partial charge < -0.3 is 26.6 Å². The number of carboxylic acid groups (broad SMARTS) is 2. The number of carboxylic acids is 2. The number of hydrogen-bond acceptors (Lipinski definition) is 7. The summed E-state index contributed by atoms with van der Waals surface area (Å²) in [5.74, 6) is -3.29. The smallest absolute Gasteiger partial charge is 0.327 e. The molecular formula is C13H23N3O6S2. The molecule has 0 spiro atoms. The molecule has 0 bridgehead atoms. The summed E-state index contributed by atoms with van der Waals surface area (Å²) < 4.78 is 0. The van der Waals surface area contributed by atoms with Crippen LogP contribution in [0.15, 0.2) is 0 Å². The Hall–Kier alpha value is -1.46. The molecule has 0 heterocycles. The summed E-state index contributed by atoms with van der Waals surface area (Å²) in [6.45, 7) is 0. The van der Waals surface area contributed by atoms with Gasteiger partial charge in [0.05, 0.1) is 6.04 Å². The van der Waals surface area contributed by atoms with Crippen molar-refractivity contribution in [2.45, 2.75) is 37.4 Å². The van der Waals surface area contributed by atoms with Crippen LogP contribution in [-0.2, 0) is 19.2 Å². The van der Waals surface area contributed by atoms with Crippen molar-refractivity contribution < 1.29 is 29.4 Å². The lowest BCUT2D eigenvalue weighted by molar-refractivity contribution is -0.142. The lowest BCUT2D eigenvalue weighted by Gasteiger charge is -2.22. The summed E-state index contributed by atoms with van der Waals surface area (Å²) in [6, 6.07) is -3.26. The first-order valence-corrected chi connectivity index (χ1v) is 9.16. The first-order chi connectivity index (χ1) is 11.2. The first kappa shape index (κ1) is 22.5. The molecule has 138 valence electrons. The average molecular weight is 381 g/mol. The summed E-state index contributed by atoms with van der Waals surface area (Å²) in [4.78, 5) is 45.8. The average Bonchev–Trinajstić information content (AvgIpc) is 2.52. The van der Waals surface area contributed by atoms with E-state index in [2.05, 4.69) is 23.3 Å². The minimum Gasteiger partial charge on any atom is -0.481 e. The van der Waals surface area contributed by atoms with Gasteiger partial charge in [-0.2, -0.15) is 24.4 Å². The fourth-order valence-corrected chi connectivity index (χ4v) is 2.39. The summed E-state index contributed by atoms with van der Waals surface area (Å²) in [5.41, 5.74) is 5.70. The maximum absolute atomic E-state index is 12.1. The minimum absolute atomic E-state index is 0.145. The van der Waals surface area contributed by atoms with Crippen LogP contribution < -0.4 is 16.4 Å². The summed E-state index contributed by atoms with van der Waals surface area (Å²) in [7, 11) is 0. The molecule has 6 N–H and O–H groups in total. The molecule has 9 nitrogen and oxygen atoms in total. The van der Waals surface area contributed by atoms with Crippen LogP contribution in [0.4, 0.5) is 0 Å². The number of aliphatic carboxylic acids is 2. The van der Waals surface area contributed by atoms with Crippen LogP contribution in [0, 0.1) is 0 Å². The number of carbonyl (C=O) groups excluding carboxylic acids is 2. The number of rotatable bonds is 12. The Morgan fingerprint density at radius 3 is 2.12 bits per heavy atom. The molecule has 0 saturated heterocycles. The van der Waals surface area contributed by atoms with E-state index in [9.17, 15) is 19.2 Å². The molecule has 2 amide bonds. The normalized spacial score (nSPS) is 14.3. The van der Waals surface area contributed by atoms with Crippen molar-refractivity contribution in [2.24, 2.45) is 5.73 Å². The van der Waals surface area contributed by atoms with Crippen LogP contribution in [0.25, 0.3) is 0 Å². The highest BCUT2D eigenvalue weighted by atomic mass is 32.2. The fourth-order valence-electron chi connectivity index (χ4n) is 1.65. The molecule has 0 aromatic heterocycles. The maximum atomic E-state index is 12.1. The van der Waals surface area contributed by atoms with E-state index in [1.807, 2.05) is 6.26 Å². The van der Waals surface area contributed by atoms with E-state index >= 15 is 0 Å². The summed E-state index contributed by atoms with van der Waals surface area (Å²) in [6.07, 6.45) is 1.71. The monoisotopic (exact) mass is 381 g/mol. The van der Waals surface area contributed by atoms with Gasteiger partial charge in [0.25, 0.3) is 0 Å². The van der Waals surface area contributed by atoms with E-state index in [4.69, 9.17) is 15.9 Å². The van der Waals surface area contributed by atoms with Gasteiger partial charge in [-0.15, -0.1) is 0 Å². The van der Waals surface area contributed by atoms with Gasteiger partial charge >= 0.3 is 11.9 Å². The van der Waals surface area contributed by atoms with Crippen molar-refractivity contribution in [1.82, 2.24) is 10.6 Å². The number of nitrogens with one attached hydrogen (secondary N) is 2. The van der Waals surface area contributed by atoms with Crippen molar-refractivity contribution in [3.8, 4) is 0 Å². The van der Waals surface area contributed by atoms with Gasteiger partial charge in [0, 0.05) is 12.2 Å². The predicted molar refractivity (Wildman–Crippen MR) is 93.2 cm³/mol. The third-order valence-corrected chi connectivity index (χ3v) is 4.06. The van der Waals surface area contributed by atoms with Crippen LogP contribution in [0.1, 0.15) is 19.3 Å². The molecule has 0 saturated carbocycles. The van der Waals surface area contributed by atoms with E-state index in [0.717, 1.165) is 0 Å². The molecular weight excluding hydrogens is 358 g/mol. The number of thioether (sulfide) groups is 1. The van der Waals surface area contributed by atoms with Gasteiger partial charge in [-0.05, 0) is 24.9 Å². The molecule has 0 aromatic carbocycles. The lowest BCUT2D eigenvalue weighted by Crippen LogP contribution is -2.55. The van der Waals surface area contributed by atoms with Crippen molar-refractivity contribution in [1.29, 1.82) is 0 Å². The van der Waals surface area contributed by atoms with Crippen LogP contribution in [0.3, 0.4) is 0 Å². The van der Waals surface area contributed by atoms with Gasteiger partial charge in [-0.3, -0.25) is 14.4 Å². The predicted octanol–water partition coefficient (Wildman–Crippen LogP) is -1.08. The topological polar surface area (TPSA) is 159 Å². The Labute approximate surface area is 149 Å². The molecule has 24 heavy (non-hydrogen) atoms. The third-order valence-electron chi connectivity index (χ3n) is 3.05. The van der Waals surface area contributed by atoms with Crippen LogP contribution in [-0.4, -0.2) is 69.9 Å². The van der Waals surface area contributed by atoms with E-state index in [1.54, 1.807) is 0 Å². The van der Waals surface area contributed by atoms with E-state index in [0.29, 0.717) is 12.2 Å². The second-order valence-electron chi connectivity index (χ2n) is 4.96. The standard InChI is InChI=1S/C13H23N3O6S2/c1-24-5-4-7(14)11(19)15-8(2-3-10(17)18)12(20)16-9(6-23)13(21)22/h7-9,23H,2-6,14H2,1H3,(H,15,19)(H,16,20)(H,17,18)(H,21,22)/t7-,8-,9-/m0/s1. The van der Waals surface area contributed by atoms with Crippen LogP contribution >= 0.6 is 24.4 Å². The minimum atomic E-state index is -1.28. The Kier molecular flexibility index (Phi) is 11.3. The molecule has 0 aliphatic heterocycles. The zero-order valence-corrected chi connectivity index (χ0v) is 14.9. The molecule has 0 unspecified atom stereocenters. The maximum Gasteiger partial charge on any atom is 0.327 e. The molecule has 0 aliphatic carbocycles. The Balaban J connectivity index is 4.89. The molecule has 0 aromatic rings. The van der Waals surface area contributed by atoms with E-state index in [1.165, 1.54) is 11.8 Å². The van der Waals surface area contributed by atoms with Gasteiger partial charge in [0.1, 0.15) is 12.1 Å². The highest BCUT2D eigenvalue weighted by Crippen LogP contribution is 2.03. The largest absolute Gasteiger partial charge is 0.481 e.